The predicted octanol–water partition coefficient (Wildman–Crippen LogP) is 3.93. The average Bonchev–Trinajstić information content (AvgIpc) is 2.73. The van der Waals surface area contributed by atoms with Gasteiger partial charge in [-0.1, -0.05) is 48.5 Å². The largest absolute Gasteiger partial charge is 0.322 e. The first kappa shape index (κ1) is 21.4. The number of hydrogen-bond acceptors (Lipinski definition) is 4. The summed E-state index contributed by atoms with van der Waals surface area (Å²) in [6.45, 7) is 3.27. The molecule has 0 fully saturated rings. The van der Waals surface area contributed by atoms with Crippen molar-refractivity contribution in [1.82, 2.24) is 4.72 Å². The molecule has 2 N–H and O–H groups in total. The molecule has 7 heteroatoms. The van der Waals surface area contributed by atoms with Gasteiger partial charge in [0.05, 0.1) is 4.90 Å². The number of amides is 1. The highest BCUT2D eigenvalue weighted by Crippen LogP contribution is 2.19. The molecule has 30 heavy (non-hydrogen) atoms. The molecule has 0 unspecified atom stereocenters. The molecule has 0 bridgehead atoms. The van der Waals surface area contributed by atoms with Crippen molar-refractivity contribution in [2.45, 2.75) is 25.3 Å². The summed E-state index contributed by atoms with van der Waals surface area (Å²) in [5.41, 5.74) is 2.50. The minimum absolute atomic E-state index is 0.0450. The van der Waals surface area contributed by atoms with E-state index in [-0.39, 0.29) is 22.8 Å². The number of benzene rings is 3. The Bertz CT molecular complexity index is 1190. The van der Waals surface area contributed by atoms with Crippen LogP contribution in [0.25, 0.3) is 0 Å². The number of ketones is 1. The van der Waals surface area contributed by atoms with E-state index in [9.17, 15) is 18.0 Å². The Morgan fingerprint density at radius 2 is 1.60 bits per heavy atom. The molecule has 6 nitrogen and oxygen atoms in total. The van der Waals surface area contributed by atoms with Crippen molar-refractivity contribution in [3.05, 3.63) is 95.1 Å². The maximum absolute atomic E-state index is 12.8. The van der Waals surface area contributed by atoms with E-state index in [1.54, 1.807) is 43.3 Å². The Balaban J connectivity index is 1.81. The van der Waals surface area contributed by atoms with Crippen molar-refractivity contribution in [3.63, 3.8) is 0 Å². The monoisotopic (exact) mass is 422 g/mol. The van der Waals surface area contributed by atoms with Crippen LogP contribution in [-0.4, -0.2) is 20.1 Å². The van der Waals surface area contributed by atoms with Gasteiger partial charge >= 0.3 is 0 Å². The van der Waals surface area contributed by atoms with Crippen LogP contribution in [0.5, 0.6) is 0 Å². The van der Waals surface area contributed by atoms with Crippen LogP contribution in [0.15, 0.2) is 77.7 Å². The third-order valence-electron chi connectivity index (χ3n) is 4.58. The normalized spacial score (nSPS) is 11.1. The Morgan fingerprint density at radius 3 is 2.30 bits per heavy atom. The number of nitrogens with one attached hydrogen (secondary N) is 2. The molecule has 154 valence electrons. The Labute approximate surface area is 176 Å². The van der Waals surface area contributed by atoms with Gasteiger partial charge in [0.25, 0.3) is 5.91 Å². The van der Waals surface area contributed by atoms with Crippen LogP contribution >= 0.6 is 0 Å². The minimum Gasteiger partial charge on any atom is -0.322 e. The fourth-order valence-electron chi connectivity index (χ4n) is 2.90. The Kier molecular flexibility index (Phi) is 6.44. The molecule has 0 saturated carbocycles. The second-order valence-electron chi connectivity index (χ2n) is 6.88. The van der Waals surface area contributed by atoms with E-state index in [1.807, 2.05) is 30.3 Å². The zero-order chi connectivity index (χ0) is 21.7. The molecule has 3 rings (SSSR count). The molecule has 0 aliphatic rings. The van der Waals surface area contributed by atoms with Gasteiger partial charge in [0.15, 0.2) is 5.78 Å². The first-order valence-electron chi connectivity index (χ1n) is 9.33. The molecule has 0 aromatic heterocycles. The second kappa shape index (κ2) is 9.02. The van der Waals surface area contributed by atoms with E-state index in [0.29, 0.717) is 16.8 Å². The summed E-state index contributed by atoms with van der Waals surface area (Å²) in [7, 11) is -3.81. The molecule has 0 saturated heterocycles. The van der Waals surface area contributed by atoms with Crippen molar-refractivity contribution in [1.29, 1.82) is 0 Å². The SMILES string of the molecule is CC(=O)c1cccc(NC(=O)c2ccc(C)c(S(=O)(=O)NCc3ccccc3)c2)c1. The Morgan fingerprint density at radius 1 is 0.867 bits per heavy atom. The predicted molar refractivity (Wildman–Crippen MR) is 116 cm³/mol. The van der Waals surface area contributed by atoms with Crippen LogP contribution in [0.2, 0.25) is 0 Å². The lowest BCUT2D eigenvalue weighted by atomic mass is 10.1. The van der Waals surface area contributed by atoms with Crippen molar-refractivity contribution < 1.29 is 18.0 Å². The van der Waals surface area contributed by atoms with E-state index in [1.165, 1.54) is 13.0 Å². The number of sulfonamides is 1. The van der Waals surface area contributed by atoms with E-state index < -0.39 is 15.9 Å². The van der Waals surface area contributed by atoms with Crippen LogP contribution in [0.1, 0.15) is 38.8 Å². The summed E-state index contributed by atoms with van der Waals surface area (Å²) in [5.74, 6) is -0.575. The van der Waals surface area contributed by atoms with E-state index in [2.05, 4.69) is 10.0 Å². The van der Waals surface area contributed by atoms with E-state index in [4.69, 9.17) is 0 Å². The quantitative estimate of drug-likeness (QED) is 0.564. The molecule has 3 aromatic rings. The van der Waals surface area contributed by atoms with Crippen LogP contribution in [0, 0.1) is 6.92 Å². The van der Waals surface area contributed by atoms with Crippen molar-refractivity contribution in [2.75, 3.05) is 5.32 Å². The lowest BCUT2D eigenvalue weighted by Gasteiger charge is -2.12. The summed E-state index contributed by atoms with van der Waals surface area (Å²) >= 11 is 0. The highest BCUT2D eigenvalue weighted by Gasteiger charge is 2.19. The molecular weight excluding hydrogens is 400 g/mol. The van der Waals surface area contributed by atoms with Gasteiger partial charge in [0.1, 0.15) is 0 Å². The van der Waals surface area contributed by atoms with Crippen LogP contribution in [-0.2, 0) is 16.6 Å². The summed E-state index contributed by atoms with van der Waals surface area (Å²) in [6.07, 6.45) is 0. The van der Waals surface area contributed by atoms with Crippen LogP contribution < -0.4 is 10.0 Å². The zero-order valence-electron chi connectivity index (χ0n) is 16.7. The van der Waals surface area contributed by atoms with Crippen molar-refractivity contribution in [2.24, 2.45) is 0 Å². The number of Topliss-reactive ketones (excluding diaryl/α,β-unsaturated/α-hetero) is 1. The lowest BCUT2D eigenvalue weighted by Crippen LogP contribution is -2.24. The minimum atomic E-state index is -3.81. The number of hydrogen-bond donors (Lipinski definition) is 2. The molecule has 0 atom stereocenters. The van der Waals surface area contributed by atoms with E-state index in [0.717, 1.165) is 5.56 Å². The van der Waals surface area contributed by atoms with Gasteiger partial charge in [-0.3, -0.25) is 9.59 Å². The zero-order valence-corrected chi connectivity index (χ0v) is 17.5. The first-order valence-corrected chi connectivity index (χ1v) is 10.8. The van der Waals surface area contributed by atoms with Crippen molar-refractivity contribution in [3.8, 4) is 0 Å². The average molecular weight is 423 g/mol. The second-order valence-corrected chi connectivity index (χ2v) is 8.62. The number of carbonyl (C=O) groups excluding carboxylic acids is 2. The highest BCUT2D eigenvalue weighted by molar-refractivity contribution is 7.89. The summed E-state index contributed by atoms with van der Waals surface area (Å²) < 4.78 is 28.2. The summed E-state index contributed by atoms with van der Waals surface area (Å²) in [4.78, 5) is 24.2. The standard InChI is InChI=1S/C23H22N2O4S/c1-16-11-12-20(23(27)25-21-10-6-9-19(13-21)17(2)26)14-22(16)30(28,29)24-15-18-7-4-3-5-8-18/h3-14,24H,15H2,1-2H3,(H,25,27). The maximum atomic E-state index is 12.8. The first-order chi connectivity index (χ1) is 14.3. The van der Waals surface area contributed by atoms with Gasteiger partial charge in [0, 0.05) is 23.4 Å². The van der Waals surface area contributed by atoms with Gasteiger partial charge in [-0.25, -0.2) is 13.1 Å². The third-order valence-corrected chi connectivity index (χ3v) is 6.12. The van der Waals surface area contributed by atoms with Crippen LogP contribution in [0.4, 0.5) is 5.69 Å². The third kappa shape index (κ3) is 5.20. The lowest BCUT2D eigenvalue weighted by molar-refractivity contribution is 0.101. The van der Waals surface area contributed by atoms with Gasteiger partial charge in [-0.05, 0) is 49.2 Å². The Hall–Kier alpha value is -3.29. The topological polar surface area (TPSA) is 92.3 Å². The van der Waals surface area contributed by atoms with Gasteiger partial charge < -0.3 is 5.32 Å². The van der Waals surface area contributed by atoms with Gasteiger partial charge in [-0.2, -0.15) is 0 Å². The molecule has 0 aliphatic carbocycles. The number of rotatable bonds is 7. The van der Waals surface area contributed by atoms with Gasteiger partial charge in [-0.15, -0.1) is 0 Å². The molecule has 0 heterocycles. The molecule has 0 aliphatic heterocycles. The van der Waals surface area contributed by atoms with Gasteiger partial charge in [0.2, 0.25) is 10.0 Å². The molecule has 0 radical (unpaired) electrons. The smallest absolute Gasteiger partial charge is 0.255 e. The fourth-order valence-corrected chi connectivity index (χ4v) is 4.19. The molecule has 0 spiro atoms. The number of aryl methyl sites for hydroxylation is 1. The molecular formula is C23H22N2O4S. The van der Waals surface area contributed by atoms with Crippen LogP contribution in [0.3, 0.4) is 0 Å². The van der Waals surface area contributed by atoms with Crippen molar-refractivity contribution >= 4 is 27.4 Å². The summed E-state index contributed by atoms with van der Waals surface area (Å²) in [5, 5.41) is 2.70. The highest BCUT2D eigenvalue weighted by atomic mass is 32.2. The van der Waals surface area contributed by atoms with E-state index >= 15 is 0 Å². The molecule has 3 aromatic carbocycles. The fraction of sp³-hybridized carbons (Fsp3) is 0.130. The molecule has 1 amide bonds. The summed E-state index contributed by atoms with van der Waals surface area (Å²) in [6, 6.07) is 20.3. The number of anilines is 1. The maximum Gasteiger partial charge on any atom is 0.255 e. The number of carbonyl (C=O) groups is 2.